The molecule has 0 bridgehead atoms. The van der Waals surface area contributed by atoms with Crippen LogP contribution in [-0.4, -0.2) is 40.6 Å². The minimum atomic E-state index is -0.288. The molecule has 1 fully saturated rings. The molecule has 0 amide bonds. The Labute approximate surface area is 247 Å². The van der Waals surface area contributed by atoms with Crippen LogP contribution >= 0.6 is 0 Å². The number of ether oxygens (including phenoxy) is 7. The van der Waals surface area contributed by atoms with Gasteiger partial charge in [0.1, 0.15) is 25.4 Å². The Balaban J connectivity index is 1.23. The molecule has 0 saturated carbocycles. The van der Waals surface area contributed by atoms with Gasteiger partial charge in [-0.1, -0.05) is 78.9 Å². The van der Waals surface area contributed by atoms with E-state index in [0.717, 1.165) is 22.3 Å². The summed E-state index contributed by atoms with van der Waals surface area (Å²) in [5, 5.41) is 0. The van der Waals surface area contributed by atoms with E-state index in [-0.39, 0.29) is 12.2 Å². The summed E-state index contributed by atoms with van der Waals surface area (Å²) in [5.74, 6) is 3.07. The Morgan fingerprint density at radius 1 is 0.714 bits per heavy atom. The van der Waals surface area contributed by atoms with Crippen molar-refractivity contribution in [2.45, 2.75) is 25.4 Å². The van der Waals surface area contributed by atoms with E-state index in [0.29, 0.717) is 55.2 Å². The lowest BCUT2D eigenvalue weighted by atomic mass is 10.1. The fraction of sp³-hybridized carbons (Fsp3) is 0.257. The summed E-state index contributed by atoms with van der Waals surface area (Å²) in [6.07, 6.45) is 3.64. The molecule has 0 spiro atoms. The van der Waals surface area contributed by atoms with Crippen LogP contribution in [0.15, 0.2) is 97.1 Å². The highest BCUT2D eigenvalue weighted by Crippen LogP contribution is 2.43. The maximum atomic E-state index is 6.29. The van der Waals surface area contributed by atoms with Gasteiger partial charge in [-0.05, 0) is 46.5 Å². The third-order valence-electron chi connectivity index (χ3n) is 6.84. The standard InChI is InChI=1S/C35H36O7/c1-36-30-19-25(16-17-29(30)40-22-26-11-6-4-7-12-26)15-10-18-39-34(33-24-41-33)28-20-31(37-2)35(32(21-28)38-3)42-23-27-13-8-5-9-14-27/h4-17,19-21,33-34H,18,22-24H2,1-3H3/b15-10+/i10+1,15+1,18+1. The summed E-state index contributed by atoms with van der Waals surface area (Å²) in [5.41, 5.74) is 4.02. The predicted octanol–water partition coefficient (Wildman–Crippen LogP) is 7.04. The molecule has 7 heteroatoms. The fourth-order valence-electron chi connectivity index (χ4n) is 4.57. The van der Waals surface area contributed by atoms with Gasteiger partial charge in [0.15, 0.2) is 23.0 Å². The normalized spacial score (nSPS) is 14.8. The molecule has 0 aliphatic carbocycles. The van der Waals surface area contributed by atoms with Crippen molar-refractivity contribution >= 4 is 6.08 Å². The van der Waals surface area contributed by atoms with Crippen molar-refractivity contribution in [3.63, 3.8) is 0 Å². The Hall–Kier alpha value is -4.46. The average Bonchev–Trinajstić information content (AvgIpc) is 3.89. The number of hydrogen-bond donors (Lipinski definition) is 0. The minimum Gasteiger partial charge on any atom is -0.493 e. The summed E-state index contributed by atoms with van der Waals surface area (Å²) in [6, 6.07) is 29.7. The van der Waals surface area contributed by atoms with Crippen molar-refractivity contribution in [2.75, 3.05) is 34.5 Å². The van der Waals surface area contributed by atoms with Gasteiger partial charge < -0.3 is 33.2 Å². The highest BCUT2D eigenvalue weighted by atomic mass is 16.6. The van der Waals surface area contributed by atoms with Gasteiger partial charge in [0.05, 0.1) is 34.5 Å². The maximum absolute atomic E-state index is 6.29. The number of benzene rings is 4. The van der Waals surface area contributed by atoms with Crippen LogP contribution in [-0.2, 0) is 22.7 Å². The van der Waals surface area contributed by atoms with E-state index in [1.165, 1.54) is 0 Å². The molecule has 5 rings (SSSR count). The molecule has 1 aliphatic rings. The highest BCUT2D eigenvalue weighted by Gasteiger charge is 2.36. The first-order chi connectivity index (χ1) is 20.7. The van der Waals surface area contributed by atoms with Gasteiger partial charge in [-0.3, -0.25) is 0 Å². The van der Waals surface area contributed by atoms with E-state index in [2.05, 4.69) is 0 Å². The Morgan fingerprint density at radius 2 is 1.31 bits per heavy atom. The highest BCUT2D eigenvalue weighted by molar-refractivity contribution is 5.56. The van der Waals surface area contributed by atoms with Crippen molar-refractivity contribution in [3.8, 4) is 28.7 Å². The zero-order valence-electron chi connectivity index (χ0n) is 24.2. The molecule has 4 aromatic carbocycles. The lowest BCUT2D eigenvalue weighted by Crippen LogP contribution is -2.12. The first kappa shape index (κ1) is 29.0. The van der Waals surface area contributed by atoms with E-state index in [9.17, 15) is 0 Å². The van der Waals surface area contributed by atoms with Gasteiger partial charge in [-0.15, -0.1) is 0 Å². The summed E-state index contributed by atoms with van der Waals surface area (Å²) in [6.45, 7) is 1.89. The quantitative estimate of drug-likeness (QED) is 0.112. The molecular formula is C35H36O7. The van der Waals surface area contributed by atoms with Crippen LogP contribution in [0.1, 0.15) is 28.4 Å². The van der Waals surface area contributed by atoms with E-state index >= 15 is 0 Å². The number of methoxy groups -OCH3 is 3. The van der Waals surface area contributed by atoms with Crippen molar-refractivity contribution in [1.29, 1.82) is 0 Å². The average molecular weight is 572 g/mol. The van der Waals surface area contributed by atoms with Crippen molar-refractivity contribution in [1.82, 2.24) is 0 Å². The fourth-order valence-corrected chi connectivity index (χ4v) is 4.57. The molecule has 0 aromatic heterocycles. The van der Waals surface area contributed by atoms with E-state index in [1.807, 2.05) is 103 Å². The molecule has 0 radical (unpaired) electrons. The molecule has 4 aromatic rings. The summed E-state index contributed by atoms with van der Waals surface area (Å²) in [4.78, 5) is 0. The lowest BCUT2D eigenvalue weighted by Gasteiger charge is -2.20. The molecular weight excluding hydrogens is 535 g/mol. The van der Waals surface area contributed by atoms with Crippen LogP contribution in [0, 0.1) is 0 Å². The molecule has 218 valence electrons. The molecule has 7 nitrogen and oxygen atoms in total. The van der Waals surface area contributed by atoms with Crippen LogP contribution < -0.4 is 23.7 Å². The largest absolute Gasteiger partial charge is 0.493 e. The Kier molecular flexibility index (Phi) is 9.98. The summed E-state index contributed by atoms with van der Waals surface area (Å²) < 4.78 is 40.9. The second-order valence-corrected chi connectivity index (χ2v) is 9.74. The zero-order chi connectivity index (χ0) is 29.1. The summed E-state index contributed by atoms with van der Waals surface area (Å²) >= 11 is 0. The van der Waals surface area contributed by atoms with E-state index < -0.39 is 0 Å². The number of epoxide rings is 1. The zero-order valence-corrected chi connectivity index (χ0v) is 24.2. The lowest BCUT2D eigenvalue weighted by molar-refractivity contribution is 0.0508. The van der Waals surface area contributed by atoms with Gasteiger partial charge in [0, 0.05) is 0 Å². The second-order valence-electron chi connectivity index (χ2n) is 9.74. The molecule has 0 N–H and O–H groups in total. The van der Waals surface area contributed by atoms with Crippen molar-refractivity contribution in [3.05, 3.63) is 119 Å². The van der Waals surface area contributed by atoms with Gasteiger partial charge in [-0.2, -0.15) is 0 Å². The number of hydrogen-bond acceptors (Lipinski definition) is 7. The SMILES string of the molecule is COc1cc(/[13CH]=[13CH]/[13CH2]OC(c2cc(OC)c(OCc3ccccc3)c(OC)c2)C2CO2)ccc1OCc1ccccc1. The summed E-state index contributed by atoms with van der Waals surface area (Å²) in [7, 11) is 4.88. The predicted molar refractivity (Wildman–Crippen MR) is 162 cm³/mol. The Morgan fingerprint density at radius 3 is 1.88 bits per heavy atom. The Bertz CT molecular complexity index is 1420. The van der Waals surface area contributed by atoms with Gasteiger partial charge in [-0.25, -0.2) is 0 Å². The van der Waals surface area contributed by atoms with Crippen LogP contribution in [0.5, 0.6) is 28.7 Å². The second kappa shape index (κ2) is 14.4. The molecule has 42 heavy (non-hydrogen) atoms. The topological polar surface area (TPSA) is 67.9 Å². The van der Waals surface area contributed by atoms with Crippen molar-refractivity contribution in [2.24, 2.45) is 0 Å². The molecule has 2 atom stereocenters. The first-order valence-electron chi connectivity index (χ1n) is 13.9. The van der Waals surface area contributed by atoms with Gasteiger partial charge >= 0.3 is 0 Å². The van der Waals surface area contributed by atoms with E-state index in [4.69, 9.17) is 33.2 Å². The van der Waals surface area contributed by atoms with E-state index in [1.54, 1.807) is 21.3 Å². The van der Waals surface area contributed by atoms with Crippen LogP contribution in [0.2, 0.25) is 0 Å². The van der Waals surface area contributed by atoms with Crippen LogP contribution in [0.4, 0.5) is 0 Å². The third-order valence-corrected chi connectivity index (χ3v) is 6.84. The molecule has 2 unspecified atom stereocenters. The monoisotopic (exact) mass is 571 g/mol. The number of rotatable bonds is 15. The minimum absolute atomic E-state index is 0.0370. The van der Waals surface area contributed by atoms with Crippen LogP contribution in [0.3, 0.4) is 0 Å². The molecule has 1 saturated heterocycles. The first-order valence-corrected chi connectivity index (χ1v) is 13.9. The molecule has 1 heterocycles. The van der Waals surface area contributed by atoms with Crippen molar-refractivity contribution < 1.29 is 33.2 Å². The smallest absolute Gasteiger partial charge is 0.203 e. The molecule has 1 aliphatic heterocycles. The van der Waals surface area contributed by atoms with Gasteiger partial charge in [0.2, 0.25) is 5.75 Å². The van der Waals surface area contributed by atoms with Crippen LogP contribution in [0.25, 0.3) is 6.08 Å². The third kappa shape index (κ3) is 7.63. The maximum Gasteiger partial charge on any atom is 0.203 e. The van der Waals surface area contributed by atoms with Gasteiger partial charge in [0.25, 0.3) is 0 Å².